The highest BCUT2D eigenvalue weighted by Crippen LogP contribution is 2.22. The predicted octanol–water partition coefficient (Wildman–Crippen LogP) is 3.29. The summed E-state index contributed by atoms with van der Waals surface area (Å²) in [6.07, 6.45) is 2.79. The summed E-state index contributed by atoms with van der Waals surface area (Å²) in [5.74, 6) is -0.168. The van der Waals surface area contributed by atoms with Crippen LogP contribution in [0.3, 0.4) is 0 Å². The Labute approximate surface area is 148 Å². The number of hydrogen-bond acceptors (Lipinski definition) is 6. The van der Waals surface area contributed by atoms with Crippen LogP contribution in [-0.2, 0) is 11.3 Å². The standard InChI is InChI=1S/C17H13ClN4O3/c1-2-24-17(23)14-8-20-22(15(14)7-19)9-13-10-25-16(21-13)11-4-3-5-12(18)6-11/h3-6,8,10H,2,9H2,1H3. The molecule has 0 aliphatic heterocycles. The van der Waals surface area contributed by atoms with Crippen LogP contribution in [0.5, 0.6) is 0 Å². The van der Waals surface area contributed by atoms with Crippen LogP contribution in [-0.4, -0.2) is 27.3 Å². The number of nitrogens with zero attached hydrogens (tertiary/aromatic N) is 4. The number of benzene rings is 1. The molecular weight excluding hydrogens is 344 g/mol. The zero-order valence-corrected chi connectivity index (χ0v) is 14.0. The average molecular weight is 357 g/mol. The van der Waals surface area contributed by atoms with Crippen molar-refractivity contribution in [3.8, 4) is 17.5 Å². The van der Waals surface area contributed by atoms with Crippen molar-refractivity contribution in [1.29, 1.82) is 5.26 Å². The van der Waals surface area contributed by atoms with Gasteiger partial charge < -0.3 is 9.15 Å². The van der Waals surface area contributed by atoms with Gasteiger partial charge in [0.1, 0.15) is 23.6 Å². The Balaban J connectivity index is 1.84. The Morgan fingerprint density at radius 1 is 1.48 bits per heavy atom. The highest BCUT2D eigenvalue weighted by Gasteiger charge is 2.19. The van der Waals surface area contributed by atoms with Crippen LogP contribution in [0.15, 0.2) is 41.1 Å². The molecule has 0 unspecified atom stereocenters. The second-order valence-electron chi connectivity index (χ2n) is 5.05. The molecule has 0 amide bonds. The van der Waals surface area contributed by atoms with Gasteiger partial charge >= 0.3 is 5.97 Å². The van der Waals surface area contributed by atoms with Gasteiger partial charge in [0.2, 0.25) is 5.89 Å². The van der Waals surface area contributed by atoms with Crippen molar-refractivity contribution in [2.45, 2.75) is 13.5 Å². The normalized spacial score (nSPS) is 10.4. The van der Waals surface area contributed by atoms with Gasteiger partial charge in [-0.25, -0.2) is 14.5 Å². The Hall–Kier alpha value is -3.11. The lowest BCUT2D eigenvalue weighted by molar-refractivity contribution is 0.0526. The summed E-state index contributed by atoms with van der Waals surface area (Å²) in [7, 11) is 0. The summed E-state index contributed by atoms with van der Waals surface area (Å²) in [5, 5.41) is 14.0. The first kappa shape index (κ1) is 16.7. The third kappa shape index (κ3) is 3.54. The molecule has 0 bridgehead atoms. The maximum atomic E-state index is 11.8. The molecule has 3 aromatic rings. The molecule has 0 spiro atoms. The van der Waals surface area contributed by atoms with Crippen LogP contribution in [0.25, 0.3) is 11.5 Å². The van der Waals surface area contributed by atoms with Crippen molar-refractivity contribution in [3.05, 3.63) is 58.7 Å². The van der Waals surface area contributed by atoms with Gasteiger partial charge in [-0.1, -0.05) is 17.7 Å². The lowest BCUT2D eigenvalue weighted by atomic mass is 10.2. The zero-order chi connectivity index (χ0) is 17.8. The molecule has 0 fully saturated rings. The summed E-state index contributed by atoms with van der Waals surface area (Å²) >= 11 is 5.97. The number of carbonyl (C=O) groups is 1. The van der Waals surface area contributed by atoms with Gasteiger partial charge in [-0.2, -0.15) is 10.4 Å². The van der Waals surface area contributed by atoms with E-state index in [-0.39, 0.29) is 24.4 Å². The van der Waals surface area contributed by atoms with E-state index in [4.69, 9.17) is 20.8 Å². The Kier molecular flexibility index (Phi) is 4.82. The lowest BCUT2D eigenvalue weighted by Crippen LogP contribution is -2.09. The molecule has 8 heteroatoms. The molecule has 7 nitrogen and oxygen atoms in total. The molecule has 2 aromatic heterocycles. The molecule has 0 saturated carbocycles. The Bertz CT molecular complexity index is 955. The molecule has 1 aromatic carbocycles. The zero-order valence-electron chi connectivity index (χ0n) is 13.3. The van der Waals surface area contributed by atoms with Crippen LogP contribution in [0, 0.1) is 11.3 Å². The molecule has 0 aliphatic carbocycles. The van der Waals surface area contributed by atoms with E-state index in [1.54, 1.807) is 25.1 Å². The van der Waals surface area contributed by atoms with Crippen LogP contribution in [0.4, 0.5) is 0 Å². The number of carbonyl (C=O) groups excluding carboxylic acids is 1. The number of oxazole rings is 1. The van der Waals surface area contributed by atoms with E-state index >= 15 is 0 Å². The van der Waals surface area contributed by atoms with E-state index in [1.807, 2.05) is 12.1 Å². The quantitative estimate of drug-likeness (QED) is 0.651. The number of aromatic nitrogens is 3. The summed E-state index contributed by atoms with van der Waals surface area (Å²) in [5.41, 5.74) is 1.55. The Morgan fingerprint density at radius 2 is 2.32 bits per heavy atom. The number of halogens is 1. The second-order valence-corrected chi connectivity index (χ2v) is 5.49. The van der Waals surface area contributed by atoms with Crippen LogP contribution in [0.2, 0.25) is 5.02 Å². The molecule has 0 aliphatic rings. The molecule has 3 rings (SSSR count). The summed E-state index contributed by atoms with van der Waals surface area (Å²) in [6, 6.07) is 9.10. The average Bonchev–Trinajstić information content (AvgIpc) is 3.22. The molecule has 0 atom stereocenters. The fourth-order valence-corrected chi connectivity index (χ4v) is 2.46. The monoisotopic (exact) mass is 356 g/mol. The molecule has 126 valence electrons. The predicted molar refractivity (Wildman–Crippen MR) is 88.9 cm³/mol. The van der Waals surface area contributed by atoms with Crippen molar-refractivity contribution in [3.63, 3.8) is 0 Å². The van der Waals surface area contributed by atoms with Crippen molar-refractivity contribution in [1.82, 2.24) is 14.8 Å². The molecule has 0 radical (unpaired) electrons. The van der Waals surface area contributed by atoms with Gasteiger partial charge in [0.05, 0.1) is 19.3 Å². The van der Waals surface area contributed by atoms with Crippen molar-refractivity contribution in [2.75, 3.05) is 6.61 Å². The smallest absolute Gasteiger partial charge is 0.342 e. The fourth-order valence-electron chi connectivity index (χ4n) is 2.27. The molecule has 25 heavy (non-hydrogen) atoms. The van der Waals surface area contributed by atoms with Gasteiger partial charge in [-0.05, 0) is 25.1 Å². The number of nitriles is 1. The van der Waals surface area contributed by atoms with E-state index in [0.29, 0.717) is 16.6 Å². The first-order valence-corrected chi connectivity index (χ1v) is 7.83. The molecule has 0 saturated heterocycles. The fraction of sp³-hybridized carbons (Fsp3) is 0.176. The Morgan fingerprint density at radius 3 is 3.04 bits per heavy atom. The van der Waals surface area contributed by atoms with E-state index < -0.39 is 5.97 Å². The minimum Gasteiger partial charge on any atom is -0.462 e. The number of hydrogen-bond donors (Lipinski definition) is 0. The number of ether oxygens (including phenoxy) is 1. The summed E-state index contributed by atoms with van der Waals surface area (Å²) < 4.78 is 11.8. The third-order valence-electron chi connectivity index (χ3n) is 3.38. The molecule has 0 N–H and O–H groups in total. The maximum absolute atomic E-state index is 11.8. The minimum atomic E-state index is -0.579. The van der Waals surface area contributed by atoms with E-state index in [1.165, 1.54) is 17.1 Å². The van der Waals surface area contributed by atoms with Gasteiger partial charge in [0.25, 0.3) is 0 Å². The van der Waals surface area contributed by atoms with Gasteiger partial charge in [-0.15, -0.1) is 0 Å². The first-order valence-electron chi connectivity index (χ1n) is 7.45. The van der Waals surface area contributed by atoms with E-state index in [0.717, 1.165) is 5.56 Å². The van der Waals surface area contributed by atoms with Crippen molar-refractivity contribution >= 4 is 17.6 Å². The molecule has 2 heterocycles. The SMILES string of the molecule is CCOC(=O)c1cnn(Cc2coc(-c3cccc(Cl)c3)n2)c1C#N. The van der Waals surface area contributed by atoms with Crippen molar-refractivity contribution in [2.24, 2.45) is 0 Å². The van der Waals surface area contributed by atoms with Gasteiger partial charge in [0.15, 0.2) is 5.69 Å². The van der Waals surface area contributed by atoms with Crippen LogP contribution in [0.1, 0.15) is 28.7 Å². The van der Waals surface area contributed by atoms with Gasteiger partial charge in [0, 0.05) is 10.6 Å². The van der Waals surface area contributed by atoms with E-state index in [9.17, 15) is 10.1 Å². The van der Waals surface area contributed by atoms with Crippen LogP contribution < -0.4 is 0 Å². The van der Waals surface area contributed by atoms with Gasteiger partial charge in [-0.3, -0.25) is 0 Å². The number of esters is 1. The summed E-state index contributed by atoms with van der Waals surface area (Å²) in [6.45, 7) is 2.11. The highest BCUT2D eigenvalue weighted by atomic mass is 35.5. The highest BCUT2D eigenvalue weighted by molar-refractivity contribution is 6.30. The molecular formula is C17H13ClN4O3. The largest absolute Gasteiger partial charge is 0.462 e. The third-order valence-corrected chi connectivity index (χ3v) is 3.61. The lowest BCUT2D eigenvalue weighted by Gasteiger charge is -2.01. The number of rotatable bonds is 5. The topological polar surface area (TPSA) is 93.9 Å². The van der Waals surface area contributed by atoms with Crippen molar-refractivity contribution < 1.29 is 13.9 Å². The maximum Gasteiger partial charge on any atom is 0.342 e. The second kappa shape index (κ2) is 7.20. The minimum absolute atomic E-state index is 0.116. The first-order chi connectivity index (χ1) is 12.1. The summed E-state index contributed by atoms with van der Waals surface area (Å²) in [4.78, 5) is 16.2. The van der Waals surface area contributed by atoms with E-state index in [2.05, 4.69) is 10.1 Å². The van der Waals surface area contributed by atoms with Crippen LogP contribution >= 0.6 is 11.6 Å².